The monoisotopic (exact) mass is 494 g/mol. The van der Waals surface area contributed by atoms with Gasteiger partial charge in [-0.25, -0.2) is 0 Å². The number of aromatic nitrogens is 2. The molecule has 3 aromatic rings. The molecule has 0 saturated carbocycles. The number of amides is 2. The van der Waals surface area contributed by atoms with Crippen molar-refractivity contribution in [2.75, 3.05) is 7.11 Å². The van der Waals surface area contributed by atoms with Crippen LogP contribution < -0.4 is 15.5 Å². The second-order valence-corrected chi connectivity index (χ2v) is 8.63. The Morgan fingerprint density at radius 3 is 2.22 bits per heavy atom. The molecule has 0 aliphatic rings. The Kier molecular flexibility index (Phi) is 8.31. The van der Waals surface area contributed by atoms with Gasteiger partial charge in [0.1, 0.15) is 12.8 Å². The topological polar surface area (TPSA) is 143 Å². The molecule has 10 heteroatoms. The molecule has 0 unspecified atom stereocenters. The molecular weight excluding hydrogens is 464 g/mol. The van der Waals surface area contributed by atoms with E-state index in [1.807, 2.05) is 6.07 Å². The van der Waals surface area contributed by atoms with Gasteiger partial charge in [0.25, 0.3) is 5.91 Å². The minimum Gasteiger partial charge on any atom is -0.492 e. The standard InChI is InChI=1S/C26H30N4O6/c1-15(2)22(23(32)21-16(3)25(34)30(36-4)26(21)35)29-20(31)14-19(17-10-6-5-7-11-17)28-24(33)18-12-8-9-13-27-18/h5-13,15,19,22,34-35H,14H2,1-4H3,(H,28,33)(H,29,31)/t19-,22-/m0/s1. The van der Waals surface area contributed by atoms with Gasteiger partial charge in [-0.05, 0) is 30.5 Å². The van der Waals surface area contributed by atoms with Crippen molar-refractivity contribution < 1.29 is 29.4 Å². The van der Waals surface area contributed by atoms with Crippen molar-refractivity contribution >= 4 is 17.6 Å². The molecule has 0 saturated heterocycles. The van der Waals surface area contributed by atoms with E-state index in [1.165, 1.54) is 20.2 Å². The molecule has 4 N–H and O–H groups in total. The van der Waals surface area contributed by atoms with Crippen LogP contribution >= 0.6 is 0 Å². The fourth-order valence-electron chi connectivity index (χ4n) is 3.88. The summed E-state index contributed by atoms with van der Waals surface area (Å²) in [6, 6.07) is 12.3. The molecule has 0 radical (unpaired) electrons. The average molecular weight is 495 g/mol. The van der Waals surface area contributed by atoms with E-state index in [0.717, 1.165) is 4.73 Å². The van der Waals surface area contributed by atoms with Gasteiger partial charge in [0.2, 0.25) is 17.7 Å². The summed E-state index contributed by atoms with van der Waals surface area (Å²) in [5.41, 5.74) is 0.905. The van der Waals surface area contributed by atoms with Crippen LogP contribution in [-0.4, -0.2) is 50.7 Å². The van der Waals surface area contributed by atoms with E-state index in [-0.39, 0.29) is 29.2 Å². The zero-order chi connectivity index (χ0) is 26.4. The second kappa shape index (κ2) is 11.4. The largest absolute Gasteiger partial charge is 0.492 e. The zero-order valence-electron chi connectivity index (χ0n) is 20.6. The summed E-state index contributed by atoms with van der Waals surface area (Å²) in [7, 11) is 1.23. The minimum atomic E-state index is -1.00. The van der Waals surface area contributed by atoms with Gasteiger partial charge in [0.05, 0.1) is 24.1 Å². The van der Waals surface area contributed by atoms with E-state index >= 15 is 0 Å². The van der Waals surface area contributed by atoms with Crippen LogP contribution in [0.2, 0.25) is 0 Å². The highest BCUT2D eigenvalue weighted by Gasteiger charge is 2.33. The molecule has 0 aliphatic carbocycles. The van der Waals surface area contributed by atoms with Gasteiger partial charge in [-0.2, -0.15) is 0 Å². The fraction of sp³-hybridized carbons (Fsp3) is 0.308. The number of nitrogens with one attached hydrogen (secondary N) is 2. The van der Waals surface area contributed by atoms with Crippen molar-refractivity contribution in [3.63, 3.8) is 0 Å². The Morgan fingerprint density at radius 1 is 1.00 bits per heavy atom. The number of carbonyl (C=O) groups excluding carboxylic acids is 3. The van der Waals surface area contributed by atoms with Crippen molar-refractivity contribution in [1.29, 1.82) is 0 Å². The van der Waals surface area contributed by atoms with Gasteiger partial charge in [-0.15, -0.1) is 4.73 Å². The number of ketones is 1. The zero-order valence-corrected chi connectivity index (χ0v) is 20.6. The molecule has 36 heavy (non-hydrogen) atoms. The van der Waals surface area contributed by atoms with Gasteiger partial charge >= 0.3 is 0 Å². The third-order valence-corrected chi connectivity index (χ3v) is 5.81. The predicted molar refractivity (Wildman–Crippen MR) is 132 cm³/mol. The van der Waals surface area contributed by atoms with E-state index in [0.29, 0.717) is 5.56 Å². The highest BCUT2D eigenvalue weighted by molar-refractivity contribution is 6.05. The van der Waals surface area contributed by atoms with Crippen LogP contribution in [0.4, 0.5) is 0 Å². The lowest BCUT2D eigenvalue weighted by atomic mass is 9.93. The van der Waals surface area contributed by atoms with Crippen molar-refractivity contribution in [1.82, 2.24) is 20.3 Å². The third kappa shape index (κ3) is 5.65. The van der Waals surface area contributed by atoms with Crippen LogP contribution in [0.15, 0.2) is 54.7 Å². The first-order chi connectivity index (χ1) is 17.1. The summed E-state index contributed by atoms with van der Waals surface area (Å²) < 4.78 is 0.736. The molecule has 0 aliphatic heterocycles. The molecule has 10 nitrogen and oxygen atoms in total. The Labute approximate surface area is 208 Å². The summed E-state index contributed by atoms with van der Waals surface area (Å²) in [5, 5.41) is 26.2. The number of hydrogen-bond acceptors (Lipinski definition) is 7. The molecule has 0 spiro atoms. The van der Waals surface area contributed by atoms with Gasteiger partial charge in [-0.1, -0.05) is 50.2 Å². The minimum absolute atomic E-state index is 0.129. The highest BCUT2D eigenvalue weighted by atomic mass is 16.7. The summed E-state index contributed by atoms with van der Waals surface area (Å²) in [4.78, 5) is 48.2. The van der Waals surface area contributed by atoms with Crippen LogP contribution in [0.1, 0.15) is 58.3 Å². The third-order valence-electron chi connectivity index (χ3n) is 5.81. The first-order valence-corrected chi connectivity index (χ1v) is 11.4. The smallest absolute Gasteiger partial charge is 0.270 e. The number of pyridine rings is 1. The number of aromatic hydroxyl groups is 2. The van der Waals surface area contributed by atoms with Crippen LogP contribution in [0.5, 0.6) is 11.8 Å². The quantitative estimate of drug-likeness (QED) is 0.317. The predicted octanol–water partition coefficient (Wildman–Crippen LogP) is 2.55. The van der Waals surface area contributed by atoms with E-state index < -0.39 is 41.4 Å². The highest BCUT2D eigenvalue weighted by Crippen LogP contribution is 2.33. The van der Waals surface area contributed by atoms with Crippen LogP contribution in [0.3, 0.4) is 0 Å². The summed E-state index contributed by atoms with van der Waals surface area (Å²) in [5.74, 6) is -2.80. The number of carbonyl (C=O) groups is 3. The Morgan fingerprint density at radius 2 is 1.67 bits per heavy atom. The summed E-state index contributed by atoms with van der Waals surface area (Å²) in [6.07, 6.45) is 1.36. The molecule has 0 fully saturated rings. The molecule has 2 aromatic heterocycles. The lowest BCUT2D eigenvalue weighted by Gasteiger charge is -2.24. The van der Waals surface area contributed by atoms with E-state index in [4.69, 9.17) is 4.84 Å². The normalized spacial score (nSPS) is 12.6. The van der Waals surface area contributed by atoms with Crippen molar-refractivity contribution in [2.45, 2.75) is 39.3 Å². The fourth-order valence-corrected chi connectivity index (χ4v) is 3.88. The lowest BCUT2D eigenvalue weighted by Crippen LogP contribution is -2.45. The number of nitrogens with zero attached hydrogens (tertiary/aromatic N) is 2. The molecule has 2 heterocycles. The first-order valence-electron chi connectivity index (χ1n) is 11.4. The lowest BCUT2D eigenvalue weighted by molar-refractivity contribution is -0.122. The number of rotatable bonds is 10. The number of hydrogen-bond donors (Lipinski definition) is 4. The van der Waals surface area contributed by atoms with Crippen molar-refractivity contribution in [3.05, 3.63) is 77.1 Å². The maximum atomic E-state index is 13.3. The Bertz CT molecular complexity index is 1220. The molecule has 190 valence electrons. The molecule has 0 bridgehead atoms. The maximum absolute atomic E-state index is 13.3. The number of benzene rings is 1. The summed E-state index contributed by atoms with van der Waals surface area (Å²) in [6.45, 7) is 4.97. The van der Waals surface area contributed by atoms with Crippen LogP contribution in [-0.2, 0) is 4.79 Å². The Balaban J connectivity index is 1.82. The van der Waals surface area contributed by atoms with Gasteiger partial charge in [0, 0.05) is 11.8 Å². The van der Waals surface area contributed by atoms with Crippen LogP contribution in [0, 0.1) is 12.8 Å². The molecule has 3 rings (SSSR count). The van der Waals surface area contributed by atoms with Gasteiger partial charge in [0.15, 0.2) is 5.78 Å². The summed E-state index contributed by atoms with van der Waals surface area (Å²) >= 11 is 0. The van der Waals surface area contributed by atoms with Crippen molar-refractivity contribution in [3.8, 4) is 11.8 Å². The maximum Gasteiger partial charge on any atom is 0.270 e. The Hall–Kier alpha value is -4.34. The molecular formula is C26H30N4O6. The second-order valence-electron chi connectivity index (χ2n) is 8.63. The first kappa shape index (κ1) is 26.3. The van der Waals surface area contributed by atoms with Gasteiger partial charge < -0.3 is 25.7 Å². The van der Waals surface area contributed by atoms with Crippen molar-refractivity contribution in [2.24, 2.45) is 5.92 Å². The average Bonchev–Trinajstić information content (AvgIpc) is 3.09. The van der Waals surface area contributed by atoms with E-state index in [1.54, 1.807) is 56.3 Å². The molecule has 2 atom stereocenters. The SMILES string of the molecule is COn1c(O)c(C)c(C(=O)[C@@H](NC(=O)C[C@H](NC(=O)c2ccccn2)c2ccccc2)C(C)C)c1O. The van der Waals surface area contributed by atoms with Gasteiger partial charge in [-0.3, -0.25) is 19.4 Å². The number of Topliss-reactive ketones (excluding diaryl/α,β-unsaturated/α-hetero) is 1. The molecule has 1 aromatic carbocycles. The molecule has 2 amide bonds. The van der Waals surface area contributed by atoms with Crippen LogP contribution in [0.25, 0.3) is 0 Å². The van der Waals surface area contributed by atoms with E-state index in [2.05, 4.69) is 15.6 Å². The van der Waals surface area contributed by atoms with E-state index in [9.17, 15) is 24.6 Å².